The molecule has 4 heteroatoms. The number of rotatable bonds is 5. The van der Waals surface area contributed by atoms with Crippen molar-refractivity contribution in [3.8, 4) is 12.3 Å². The van der Waals surface area contributed by atoms with E-state index in [2.05, 4.69) is 71.2 Å². The van der Waals surface area contributed by atoms with Crippen molar-refractivity contribution in [3.63, 3.8) is 0 Å². The molecule has 0 spiro atoms. The summed E-state index contributed by atoms with van der Waals surface area (Å²) in [7, 11) is -3.29. The highest BCUT2D eigenvalue weighted by Crippen LogP contribution is 2.66. The molecule has 2 nitrogen and oxygen atoms in total. The van der Waals surface area contributed by atoms with Gasteiger partial charge in [0.2, 0.25) is 8.32 Å². The monoisotopic (exact) mass is 470 g/mol. The minimum Gasteiger partial charge on any atom is -0.547 e. The predicted octanol–water partition coefficient (Wildman–Crippen LogP) is 7.76. The number of terminal acetylenes is 1. The summed E-state index contributed by atoms with van der Waals surface area (Å²) < 4.78 is 13.3. The lowest BCUT2D eigenvalue weighted by atomic mass is 9.49. The van der Waals surface area contributed by atoms with Crippen LogP contribution in [0.15, 0.2) is 23.5 Å². The van der Waals surface area contributed by atoms with Crippen molar-refractivity contribution in [3.05, 3.63) is 23.5 Å². The lowest BCUT2D eigenvalue weighted by Crippen LogP contribution is -2.56. The molecule has 4 aliphatic carbocycles. The largest absolute Gasteiger partial charge is 0.547 e. The summed E-state index contributed by atoms with van der Waals surface area (Å²) in [6.45, 7) is 18.7. The van der Waals surface area contributed by atoms with Crippen molar-refractivity contribution in [1.82, 2.24) is 0 Å². The first-order chi connectivity index (χ1) is 14.8. The van der Waals surface area contributed by atoms with E-state index < -0.39 is 16.6 Å². The van der Waals surface area contributed by atoms with E-state index in [-0.39, 0.29) is 11.0 Å². The van der Waals surface area contributed by atoms with Crippen LogP contribution in [0, 0.1) is 47.3 Å². The van der Waals surface area contributed by atoms with Crippen LogP contribution >= 0.6 is 0 Å². The first-order valence-electron chi connectivity index (χ1n) is 13.1. The van der Waals surface area contributed by atoms with Crippen LogP contribution in [0.2, 0.25) is 39.3 Å². The number of allylic oxidation sites excluding steroid dienone is 4. The third kappa shape index (κ3) is 4.12. The van der Waals surface area contributed by atoms with Gasteiger partial charge in [-0.2, -0.15) is 0 Å². The molecular formula is C28H46O2Si2. The van der Waals surface area contributed by atoms with E-state index in [0.717, 1.165) is 24.7 Å². The fourth-order valence-corrected chi connectivity index (χ4v) is 10.3. The second-order valence-corrected chi connectivity index (χ2v) is 22.1. The lowest BCUT2D eigenvalue weighted by molar-refractivity contribution is -0.0833. The van der Waals surface area contributed by atoms with Crippen molar-refractivity contribution in [2.45, 2.75) is 104 Å². The highest BCUT2D eigenvalue weighted by molar-refractivity contribution is 6.70. The average Bonchev–Trinajstić information content (AvgIpc) is 2.96. The molecule has 0 aliphatic heterocycles. The van der Waals surface area contributed by atoms with E-state index in [9.17, 15) is 0 Å². The van der Waals surface area contributed by atoms with Gasteiger partial charge in [0.15, 0.2) is 8.32 Å². The maximum absolute atomic E-state index is 6.89. The Morgan fingerprint density at radius 2 is 1.78 bits per heavy atom. The zero-order valence-electron chi connectivity index (χ0n) is 21.9. The molecule has 0 amide bonds. The smallest absolute Gasteiger partial charge is 0.241 e. The molecule has 0 N–H and O–H groups in total. The van der Waals surface area contributed by atoms with Gasteiger partial charge in [-0.25, -0.2) is 0 Å². The first-order valence-corrected chi connectivity index (χ1v) is 19.9. The zero-order chi connectivity index (χ0) is 23.5. The van der Waals surface area contributed by atoms with Gasteiger partial charge in [0.1, 0.15) is 5.60 Å². The van der Waals surface area contributed by atoms with Crippen molar-refractivity contribution >= 4 is 16.6 Å². The molecule has 0 saturated heterocycles. The molecule has 0 bridgehead atoms. The fraction of sp³-hybridized carbons (Fsp3) is 0.786. The van der Waals surface area contributed by atoms with Gasteiger partial charge >= 0.3 is 0 Å². The van der Waals surface area contributed by atoms with Gasteiger partial charge in [-0.1, -0.05) is 25.8 Å². The minimum absolute atomic E-state index is 0.110. The van der Waals surface area contributed by atoms with E-state index in [1.165, 1.54) is 37.9 Å². The van der Waals surface area contributed by atoms with Crippen LogP contribution < -0.4 is 0 Å². The summed E-state index contributed by atoms with van der Waals surface area (Å²) in [6.07, 6.45) is 19.8. The molecule has 178 valence electrons. The van der Waals surface area contributed by atoms with E-state index in [1.807, 2.05) is 0 Å². The van der Waals surface area contributed by atoms with Gasteiger partial charge in [0.25, 0.3) is 0 Å². The van der Waals surface area contributed by atoms with Crippen molar-refractivity contribution in [2.24, 2.45) is 35.0 Å². The third-order valence-electron chi connectivity index (χ3n) is 9.00. The Kier molecular flexibility index (Phi) is 6.22. The third-order valence-corrected chi connectivity index (χ3v) is 10.8. The Morgan fingerprint density at radius 1 is 1.06 bits per heavy atom. The van der Waals surface area contributed by atoms with E-state index in [4.69, 9.17) is 15.3 Å². The van der Waals surface area contributed by atoms with Crippen LogP contribution in [0.25, 0.3) is 0 Å². The molecule has 2 fully saturated rings. The normalized spacial score (nSPS) is 41.5. The number of hydrogen-bond donors (Lipinski definition) is 0. The van der Waals surface area contributed by atoms with Gasteiger partial charge in [-0.15, -0.1) is 6.42 Å². The summed E-state index contributed by atoms with van der Waals surface area (Å²) in [4.78, 5) is 0. The minimum atomic E-state index is -1.74. The molecule has 0 aromatic rings. The van der Waals surface area contributed by atoms with Crippen molar-refractivity contribution < 1.29 is 8.85 Å². The highest BCUT2D eigenvalue weighted by Gasteiger charge is 2.64. The maximum atomic E-state index is 6.89. The molecule has 2 saturated carbocycles. The molecule has 0 unspecified atom stereocenters. The summed E-state index contributed by atoms with van der Waals surface area (Å²) in [5, 5.41) is 0. The van der Waals surface area contributed by atoms with E-state index in [1.54, 1.807) is 5.57 Å². The average molecular weight is 471 g/mol. The lowest BCUT2D eigenvalue weighted by Gasteiger charge is -2.57. The fourth-order valence-electron chi connectivity index (χ4n) is 7.95. The van der Waals surface area contributed by atoms with Crippen LogP contribution in [-0.2, 0) is 8.85 Å². The van der Waals surface area contributed by atoms with Gasteiger partial charge < -0.3 is 8.85 Å². The molecule has 4 aliphatic rings. The standard InChI is InChI=1S/C28H46O2Si2/c1-10-20-18-21-19-22(29-31(4,5)6)12-13-23(21)24-14-16-27(3)25(26(20)24)15-17-28(27,11-2)30-32(7,8)9/h2,18-20,23-26H,10,12-17H2,1,3-9H3/t20-,23+,24-,25+,26-,27+,28+/m1/s1. The van der Waals surface area contributed by atoms with E-state index >= 15 is 0 Å². The molecule has 32 heavy (non-hydrogen) atoms. The molecular weight excluding hydrogens is 424 g/mol. The van der Waals surface area contributed by atoms with Crippen molar-refractivity contribution in [2.75, 3.05) is 0 Å². The van der Waals surface area contributed by atoms with Crippen LogP contribution in [0.3, 0.4) is 0 Å². The summed E-state index contributed by atoms with van der Waals surface area (Å²) in [5.41, 5.74) is 1.33. The Labute approximate surface area is 199 Å². The second-order valence-electron chi connectivity index (χ2n) is 13.2. The van der Waals surface area contributed by atoms with Gasteiger partial charge in [-0.05, 0) is 119 Å². The van der Waals surface area contributed by atoms with Gasteiger partial charge in [0.05, 0.1) is 5.76 Å². The summed E-state index contributed by atoms with van der Waals surface area (Å²) in [6, 6.07) is 0. The predicted molar refractivity (Wildman–Crippen MR) is 140 cm³/mol. The molecule has 0 aromatic heterocycles. The first kappa shape index (κ1) is 24.4. The van der Waals surface area contributed by atoms with Crippen LogP contribution in [0.5, 0.6) is 0 Å². The Balaban J connectivity index is 1.67. The Hall–Kier alpha value is -0.766. The van der Waals surface area contributed by atoms with Crippen LogP contribution in [0.1, 0.15) is 58.8 Å². The van der Waals surface area contributed by atoms with Gasteiger partial charge in [0, 0.05) is 11.8 Å². The molecule has 0 heterocycles. The highest BCUT2D eigenvalue weighted by atomic mass is 28.4. The van der Waals surface area contributed by atoms with Crippen LogP contribution in [0.4, 0.5) is 0 Å². The second kappa shape index (κ2) is 8.17. The van der Waals surface area contributed by atoms with Crippen LogP contribution in [-0.4, -0.2) is 22.2 Å². The summed E-state index contributed by atoms with van der Waals surface area (Å²) >= 11 is 0. The number of hydrogen-bond acceptors (Lipinski definition) is 2. The van der Waals surface area contributed by atoms with E-state index in [0.29, 0.717) is 17.8 Å². The topological polar surface area (TPSA) is 18.5 Å². The number of fused-ring (bicyclic) bond motifs is 5. The summed E-state index contributed by atoms with van der Waals surface area (Å²) in [5.74, 6) is 8.09. The Morgan fingerprint density at radius 3 is 2.38 bits per heavy atom. The maximum Gasteiger partial charge on any atom is 0.241 e. The zero-order valence-corrected chi connectivity index (χ0v) is 23.9. The molecule has 0 aromatic carbocycles. The molecule has 7 atom stereocenters. The Bertz CT molecular complexity index is 839. The van der Waals surface area contributed by atoms with Crippen molar-refractivity contribution in [1.29, 1.82) is 0 Å². The molecule has 0 radical (unpaired) electrons. The molecule has 4 rings (SSSR count). The quantitative estimate of drug-likeness (QED) is 0.302. The van der Waals surface area contributed by atoms with Gasteiger partial charge in [-0.3, -0.25) is 0 Å². The SMILES string of the molecule is C#C[C@]1(O[Si](C)(C)C)CC[C@H]2[C@H]3[C@H](CC[C@@]21C)[C@H]1CCC(O[Si](C)(C)C)=CC1=C[C@H]3CC.